The number of aliphatic hydroxyl groups is 1. The maximum atomic E-state index is 13.9. The molecule has 0 radical (unpaired) electrons. The predicted octanol–water partition coefficient (Wildman–Crippen LogP) is 4.85. The standard InChI is InChI=1S/C33H51N3O8S/c1-19(2)13-23(28(38)32-34-11-12-45-32)35-31(40)24(14-20(3)4)36-30(39)22(18-27(37)44-33(5,6)7)15-21-16-25(41-8)29(43-10)26(17-21)42-9/h11-12,16-17,19-20,22-24,28,38H,13-15,18H2,1-10H3,(H,35,40)(H,36,39)/t22-,23-,24+,28+/m1/s1. The molecule has 0 unspecified atom stereocenters. The number of hydrogen-bond donors (Lipinski definition) is 3. The number of amides is 2. The summed E-state index contributed by atoms with van der Waals surface area (Å²) in [6, 6.07) is 1.95. The topological polar surface area (TPSA) is 145 Å². The van der Waals surface area contributed by atoms with Crippen molar-refractivity contribution in [2.75, 3.05) is 21.3 Å². The van der Waals surface area contributed by atoms with E-state index in [0.29, 0.717) is 40.7 Å². The summed E-state index contributed by atoms with van der Waals surface area (Å²) in [6.45, 7) is 13.2. The minimum absolute atomic E-state index is 0.0629. The monoisotopic (exact) mass is 649 g/mol. The number of hydrogen-bond acceptors (Lipinski definition) is 10. The molecule has 4 atom stereocenters. The second-order valence-corrected chi connectivity index (χ2v) is 13.9. The number of thiazole rings is 1. The Morgan fingerprint density at radius 1 is 0.911 bits per heavy atom. The molecule has 0 saturated heterocycles. The largest absolute Gasteiger partial charge is 0.493 e. The number of aliphatic hydroxyl groups excluding tert-OH is 1. The fourth-order valence-electron chi connectivity index (χ4n) is 4.98. The summed E-state index contributed by atoms with van der Waals surface area (Å²) in [5, 5.41) is 19.2. The number of nitrogens with zero attached hydrogens (tertiary/aromatic N) is 1. The van der Waals surface area contributed by atoms with Gasteiger partial charge in [-0.2, -0.15) is 0 Å². The minimum Gasteiger partial charge on any atom is -0.493 e. The second-order valence-electron chi connectivity index (χ2n) is 13.0. The van der Waals surface area contributed by atoms with Gasteiger partial charge in [0.2, 0.25) is 17.6 Å². The first-order valence-corrected chi connectivity index (χ1v) is 16.1. The van der Waals surface area contributed by atoms with Gasteiger partial charge in [-0.1, -0.05) is 27.7 Å². The Kier molecular flexibility index (Phi) is 14.6. The van der Waals surface area contributed by atoms with Gasteiger partial charge in [-0.25, -0.2) is 4.98 Å². The summed E-state index contributed by atoms with van der Waals surface area (Å²) in [5.74, 6) is -0.834. The van der Waals surface area contributed by atoms with Crippen molar-refractivity contribution >= 4 is 29.1 Å². The summed E-state index contributed by atoms with van der Waals surface area (Å²) in [7, 11) is 4.50. The number of methoxy groups -OCH3 is 3. The second kappa shape index (κ2) is 17.4. The molecule has 0 saturated carbocycles. The molecule has 2 aromatic rings. The highest BCUT2D eigenvalue weighted by Gasteiger charge is 2.33. The van der Waals surface area contributed by atoms with Crippen molar-refractivity contribution < 1.29 is 38.4 Å². The summed E-state index contributed by atoms with van der Waals surface area (Å²) in [4.78, 5) is 44.8. The highest BCUT2D eigenvalue weighted by Crippen LogP contribution is 2.39. The zero-order valence-corrected chi connectivity index (χ0v) is 29.1. The highest BCUT2D eigenvalue weighted by atomic mass is 32.1. The molecular formula is C33H51N3O8S. The van der Waals surface area contributed by atoms with Gasteiger partial charge in [-0.3, -0.25) is 14.4 Å². The Balaban J connectivity index is 2.39. The molecule has 1 aromatic carbocycles. The highest BCUT2D eigenvalue weighted by molar-refractivity contribution is 7.09. The van der Waals surface area contributed by atoms with Gasteiger partial charge in [0.15, 0.2) is 11.5 Å². The van der Waals surface area contributed by atoms with Crippen LogP contribution in [0.1, 0.15) is 84.4 Å². The van der Waals surface area contributed by atoms with Crippen molar-refractivity contribution in [1.82, 2.24) is 15.6 Å². The Hall–Kier alpha value is -3.38. The molecule has 3 N–H and O–H groups in total. The normalized spacial score (nSPS) is 14.3. The molecule has 0 spiro atoms. The van der Waals surface area contributed by atoms with E-state index >= 15 is 0 Å². The number of benzene rings is 1. The quantitative estimate of drug-likeness (QED) is 0.205. The zero-order valence-electron chi connectivity index (χ0n) is 28.3. The number of aromatic nitrogens is 1. The van der Waals surface area contributed by atoms with E-state index in [1.807, 2.05) is 27.7 Å². The summed E-state index contributed by atoms with van der Waals surface area (Å²) in [5.41, 5.74) is -0.0735. The predicted molar refractivity (Wildman–Crippen MR) is 174 cm³/mol. The van der Waals surface area contributed by atoms with Crippen LogP contribution in [0.25, 0.3) is 0 Å². The van der Waals surface area contributed by atoms with E-state index in [9.17, 15) is 19.5 Å². The molecule has 2 amide bonds. The van der Waals surface area contributed by atoms with Gasteiger partial charge in [0.1, 0.15) is 22.8 Å². The van der Waals surface area contributed by atoms with Gasteiger partial charge in [-0.05, 0) is 69.6 Å². The molecule has 45 heavy (non-hydrogen) atoms. The Morgan fingerprint density at radius 3 is 1.98 bits per heavy atom. The molecule has 11 nitrogen and oxygen atoms in total. The molecule has 0 aliphatic rings. The van der Waals surface area contributed by atoms with Gasteiger partial charge in [0.25, 0.3) is 0 Å². The number of carbonyl (C=O) groups is 3. The Labute approximate surface area is 271 Å². The van der Waals surface area contributed by atoms with Crippen molar-refractivity contribution in [3.8, 4) is 17.2 Å². The molecule has 0 aliphatic carbocycles. The van der Waals surface area contributed by atoms with E-state index in [1.165, 1.54) is 32.7 Å². The van der Waals surface area contributed by atoms with Crippen molar-refractivity contribution in [2.45, 2.75) is 97.9 Å². The van der Waals surface area contributed by atoms with Gasteiger partial charge < -0.3 is 34.7 Å². The van der Waals surface area contributed by atoms with Crippen molar-refractivity contribution in [2.24, 2.45) is 17.8 Å². The molecule has 252 valence electrons. The SMILES string of the molecule is COc1cc(C[C@H](CC(=O)OC(C)(C)C)C(=O)N[C@@H](CC(C)C)C(=O)N[C@H](CC(C)C)[C@H](O)c2nccs2)cc(OC)c1OC. The van der Waals surface area contributed by atoms with Gasteiger partial charge in [-0.15, -0.1) is 11.3 Å². The Bertz CT molecular complexity index is 1220. The maximum absolute atomic E-state index is 13.9. The molecule has 0 fully saturated rings. The smallest absolute Gasteiger partial charge is 0.307 e. The van der Waals surface area contributed by atoms with Crippen LogP contribution in [0.4, 0.5) is 0 Å². The first kappa shape index (κ1) is 37.8. The molecule has 1 aromatic heterocycles. The van der Waals surface area contributed by atoms with E-state index in [2.05, 4.69) is 15.6 Å². The summed E-state index contributed by atoms with van der Waals surface area (Å²) in [6.07, 6.45) is 1.40. The van der Waals surface area contributed by atoms with E-state index in [-0.39, 0.29) is 24.7 Å². The molecular weight excluding hydrogens is 598 g/mol. The van der Waals surface area contributed by atoms with Crippen LogP contribution in [0, 0.1) is 17.8 Å². The summed E-state index contributed by atoms with van der Waals surface area (Å²) >= 11 is 1.31. The van der Waals surface area contributed by atoms with Crippen LogP contribution in [-0.4, -0.2) is 66.9 Å². The van der Waals surface area contributed by atoms with Crippen LogP contribution in [0.15, 0.2) is 23.7 Å². The molecule has 1 heterocycles. The van der Waals surface area contributed by atoms with Crippen LogP contribution >= 0.6 is 11.3 Å². The van der Waals surface area contributed by atoms with Crippen LogP contribution in [0.5, 0.6) is 17.2 Å². The van der Waals surface area contributed by atoms with Crippen LogP contribution in [0.2, 0.25) is 0 Å². The van der Waals surface area contributed by atoms with E-state index in [1.54, 1.807) is 44.5 Å². The molecule has 0 bridgehead atoms. The van der Waals surface area contributed by atoms with Gasteiger partial charge in [0, 0.05) is 11.6 Å². The fraction of sp³-hybridized carbons (Fsp3) is 0.636. The first-order chi connectivity index (χ1) is 21.1. The molecule has 12 heteroatoms. The van der Waals surface area contributed by atoms with Crippen molar-refractivity contribution in [1.29, 1.82) is 0 Å². The lowest BCUT2D eigenvalue weighted by molar-refractivity contribution is -0.157. The summed E-state index contributed by atoms with van der Waals surface area (Å²) < 4.78 is 21.9. The van der Waals surface area contributed by atoms with Crippen molar-refractivity contribution in [3.05, 3.63) is 34.3 Å². The lowest BCUT2D eigenvalue weighted by Crippen LogP contribution is -2.53. The maximum Gasteiger partial charge on any atom is 0.307 e. The lowest BCUT2D eigenvalue weighted by atomic mass is 9.93. The average molecular weight is 650 g/mol. The van der Waals surface area contributed by atoms with Crippen LogP contribution in [-0.2, 0) is 25.5 Å². The third-order valence-electron chi connectivity index (χ3n) is 6.89. The third-order valence-corrected chi connectivity index (χ3v) is 7.74. The van der Waals surface area contributed by atoms with Gasteiger partial charge >= 0.3 is 5.97 Å². The lowest BCUT2D eigenvalue weighted by Gasteiger charge is -2.29. The van der Waals surface area contributed by atoms with E-state index in [4.69, 9.17) is 18.9 Å². The van der Waals surface area contributed by atoms with Crippen LogP contribution < -0.4 is 24.8 Å². The fourth-order valence-corrected chi connectivity index (χ4v) is 5.67. The van der Waals surface area contributed by atoms with Gasteiger partial charge in [0.05, 0.1) is 39.7 Å². The number of nitrogens with one attached hydrogen (secondary N) is 2. The molecule has 0 aliphatic heterocycles. The molecule has 2 rings (SSSR count). The van der Waals surface area contributed by atoms with Crippen LogP contribution in [0.3, 0.4) is 0 Å². The van der Waals surface area contributed by atoms with E-state index < -0.39 is 47.5 Å². The first-order valence-electron chi connectivity index (χ1n) is 15.3. The minimum atomic E-state index is -0.994. The number of ether oxygens (including phenoxy) is 4. The third kappa shape index (κ3) is 12.1. The van der Waals surface area contributed by atoms with E-state index in [0.717, 1.165) is 0 Å². The number of rotatable bonds is 17. The number of carbonyl (C=O) groups excluding carboxylic acids is 3. The average Bonchev–Trinajstić information content (AvgIpc) is 3.48. The zero-order chi connectivity index (χ0) is 33.9. The Morgan fingerprint density at radius 2 is 1.51 bits per heavy atom. The number of esters is 1. The van der Waals surface area contributed by atoms with Crippen molar-refractivity contribution in [3.63, 3.8) is 0 Å².